The minimum Gasteiger partial charge on any atom is -0.483 e. The zero-order chi connectivity index (χ0) is 14.7. The van der Waals surface area contributed by atoms with Gasteiger partial charge in [-0.2, -0.15) is 11.3 Å². The molecule has 21 heavy (non-hydrogen) atoms. The Kier molecular flexibility index (Phi) is 4.14. The van der Waals surface area contributed by atoms with Gasteiger partial charge in [0.25, 0.3) is 0 Å². The van der Waals surface area contributed by atoms with Gasteiger partial charge in [0.05, 0.1) is 16.5 Å². The first-order valence-electron chi connectivity index (χ1n) is 6.80. The van der Waals surface area contributed by atoms with Crippen LogP contribution in [-0.2, 0) is 5.22 Å². The van der Waals surface area contributed by atoms with E-state index >= 15 is 0 Å². The molecule has 0 amide bonds. The van der Waals surface area contributed by atoms with Gasteiger partial charge >= 0.3 is 0 Å². The number of nitrogens with one attached hydrogen (secondary N) is 1. The number of hydrogen-bond donors (Lipinski definition) is 1. The lowest BCUT2D eigenvalue weighted by Gasteiger charge is -2.30. The van der Waals surface area contributed by atoms with Gasteiger partial charge in [-0.05, 0) is 49.0 Å². The number of furan rings is 1. The molecule has 2 aromatic heterocycles. The van der Waals surface area contributed by atoms with Gasteiger partial charge in [-0.15, -0.1) is 0 Å². The zero-order valence-electron chi connectivity index (χ0n) is 11.8. The van der Waals surface area contributed by atoms with E-state index in [4.69, 9.17) is 9.15 Å². The molecule has 1 aromatic carbocycles. The minimum absolute atomic E-state index is 0.565. The van der Waals surface area contributed by atoms with Crippen LogP contribution in [0.2, 0.25) is 0 Å². The average Bonchev–Trinajstić information content (AvgIpc) is 3.16. The van der Waals surface area contributed by atoms with Gasteiger partial charge < -0.3 is 14.5 Å². The lowest BCUT2D eigenvalue weighted by Crippen LogP contribution is -2.36. The third-order valence-corrected chi connectivity index (χ3v) is 4.77. The molecular weight excluding hydrogens is 298 g/mol. The van der Waals surface area contributed by atoms with Gasteiger partial charge in [-0.3, -0.25) is 0 Å². The predicted octanol–water partition coefficient (Wildman–Crippen LogP) is 3.50. The van der Waals surface area contributed by atoms with E-state index < -0.39 is 5.22 Å². The Morgan fingerprint density at radius 3 is 3.00 bits per heavy atom. The second-order valence-corrected chi connectivity index (χ2v) is 6.48. The summed E-state index contributed by atoms with van der Waals surface area (Å²) in [4.78, 5) is 0. The van der Waals surface area contributed by atoms with Crippen molar-refractivity contribution in [3.63, 3.8) is 0 Å². The number of para-hydroxylation sites is 1. The highest BCUT2D eigenvalue weighted by Gasteiger charge is 2.30. The lowest BCUT2D eigenvalue weighted by atomic mass is 10.1. The van der Waals surface area contributed by atoms with Crippen LogP contribution in [0, 0.1) is 0 Å². The van der Waals surface area contributed by atoms with Crippen molar-refractivity contribution in [2.75, 3.05) is 13.6 Å². The summed E-state index contributed by atoms with van der Waals surface area (Å²) in [5, 5.41) is 7.81. The van der Waals surface area contributed by atoms with Crippen LogP contribution in [0.3, 0.4) is 0 Å². The number of fused-ring (bicyclic) bond motifs is 1. The van der Waals surface area contributed by atoms with E-state index in [1.807, 2.05) is 31.3 Å². The Morgan fingerprint density at radius 2 is 2.24 bits per heavy atom. The fourth-order valence-corrected chi connectivity index (χ4v) is 3.50. The quantitative estimate of drug-likeness (QED) is 0.707. The molecule has 0 saturated carbocycles. The van der Waals surface area contributed by atoms with Gasteiger partial charge in [0.2, 0.25) is 0 Å². The largest absolute Gasteiger partial charge is 0.483 e. The van der Waals surface area contributed by atoms with Crippen molar-refractivity contribution >= 4 is 32.5 Å². The summed E-state index contributed by atoms with van der Waals surface area (Å²) in [6, 6.07) is 9.95. The van der Waals surface area contributed by atoms with Crippen molar-refractivity contribution in [1.82, 2.24) is 5.32 Å². The second-order valence-electron chi connectivity index (χ2n) is 4.89. The first kappa shape index (κ1) is 14.4. The molecule has 107 valence electrons. The van der Waals surface area contributed by atoms with Gasteiger partial charge in [0.1, 0.15) is 5.22 Å². The molecule has 1 atom stereocenters. The van der Waals surface area contributed by atoms with Crippen LogP contribution < -0.4 is 10.1 Å². The predicted molar refractivity (Wildman–Crippen MR) is 87.1 cm³/mol. The molecule has 3 radical (unpaired) electrons. The normalized spacial score (nSPS) is 14.2. The van der Waals surface area contributed by atoms with Crippen LogP contribution in [0.25, 0.3) is 11.0 Å². The first-order valence-corrected chi connectivity index (χ1v) is 8.25. The van der Waals surface area contributed by atoms with Crippen molar-refractivity contribution in [3.8, 4) is 5.75 Å². The van der Waals surface area contributed by atoms with Crippen LogP contribution in [0.5, 0.6) is 5.75 Å². The van der Waals surface area contributed by atoms with Crippen molar-refractivity contribution in [2.24, 2.45) is 0 Å². The lowest BCUT2D eigenvalue weighted by molar-refractivity contribution is 0.147. The summed E-state index contributed by atoms with van der Waals surface area (Å²) in [6.45, 7) is 0.841. The van der Waals surface area contributed by atoms with E-state index in [0.29, 0.717) is 0 Å². The molecule has 0 aliphatic carbocycles. The molecule has 5 heteroatoms. The number of hydrogen-bond acceptors (Lipinski definition) is 4. The molecule has 0 fully saturated rings. The third kappa shape index (κ3) is 2.90. The zero-order valence-corrected chi connectivity index (χ0v) is 13.6. The summed E-state index contributed by atoms with van der Waals surface area (Å²) in [5.41, 5.74) is 1.89. The Morgan fingerprint density at radius 1 is 1.33 bits per heavy atom. The first-order chi connectivity index (χ1) is 10.2. The Bertz CT molecular complexity index is 710. The molecule has 1 N–H and O–H groups in total. The molecule has 0 saturated heterocycles. The number of rotatable bonds is 6. The van der Waals surface area contributed by atoms with Crippen LogP contribution in [0.4, 0.5) is 0 Å². The number of ether oxygens (including phenoxy) is 1. The molecule has 0 spiro atoms. The summed E-state index contributed by atoms with van der Waals surface area (Å²) in [6.07, 6.45) is 2.49. The monoisotopic (exact) mass is 314 g/mol. The third-order valence-electron chi connectivity index (χ3n) is 3.44. The number of benzene rings is 1. The fraction of sp³-hybridized carbons (Fsp3) is 0.250. The summed E-state index contributed by atoms with van der Waals surface area (Å²) in [5.74, 6) is 0.745. The average molecular weight is 314 g/mol. The summed E-state index contributed by atoms with van der Waals surface area (Å²) in [7, 11) is 5.79. The van der Waals surface area contributed by atoms with Crippen molar-refractivity contribution in [2.45, 2.75) is 11.6 Å². The maximum absolute atomic E-state index is 6.31. The minimum atomic E-state index is -0.565. The molecule has 0 bridgehead atoms. The van der Waals surface area contributed by atoms with Crippen molar-refractivity contribution in [3.05, 3.63) is 52.9 Å². The Labute approximate surface area is 131 Å². The maximum Gasteiger partial charge on any atom is 0.175 e. The molecule has 3 nitrogen and oxygen atoms in total. The van der Waals surface area contributed by atoms with Gasteiger partial charge in [-0.1, -0.05) is 12.1 Å². The van der Waals surface area contributed by atoms with Gasteiger partial charge in [0.15, 0.2) is 11.3 Å². The van der Waals surface area contributed by atoms with E-state index in [0.717, 1.165) is 35.2 Å². The highest BCUT2D eigenvalue weighted by molar-refractivity contribution is 7.08. The number of thiophene rings is 1. The van der Waals surface area contributed by atoms with Crippen LogP contribution in [0.1, 0.15) is 12.0 Å². The molecule has 0 aliphatic heterocycles. The van der Waals surface area contributed by atoms with Gasteiger partial charge in [0, 0.05) is 10.9 Å². The standard InChI is InChI=1S/C16H16NO2SSi/c1-17-8-7-16(21,13-6-10-20-11-13)19-14-4-2-3-12-5-9-18-15(12)14/h2-6,9-11,17H,7-8H2,1H3. The van der Waals surface area contributed by atoms with Gasteiger partial charge in [-0.25, -0.2) is 0 Å². The van der Waals surface area contributed by atoms with Crippen molar-refractivity contribution in [1.29, 1.82) is 0 Å². The summed E-state index contributed by atoms with van der Waals surface area (Å²) >= 11 is 1.66. The highest BCUT2D eigenvalue weighted by Crippen LogP contribution is 2.34. The molecular formula is C16H16NO2SSi. The topological polar surface area (TPSA) is 34.4 Å². The Hall–Kier alpha value is -1.56. The van der Waals surface area contributed by atoms with Crippen LogP contribution in [0.15, 0.2) is 51.8 Å². The van der Waals surface area contributed by atoms with Crippen LogP contribution in [-0.4, -0.2) is 23.8 Å². The van der Waals surface area contributed by atoms with E-state index in [2.05, 4.69) is 32.4 Å². The molecule has 1 unspecified atom stereocenters. The highest BCUT2D eigenvalue weighted by atomic mass is 32.1. The van der Waals surface area contributed by atoms with Crippen molar-refractivity contribution < 1.29 is 9.15 Å². The smallest absolute Gasteiger partial charge is 0.175 e. The molecule has 0 aliphatic rings. The fourth-order valence-electron chi connectivity index (χ4n) is 2.28. The molecule has 3 aromatic rings. The second kappa shape index (κ2) is 6.05. The SMILES string of the molecule is CNCCC([Si])(Oc1cccc2ccoc12)c1ccsc1. The van der Waals surface area contributed by atoms with E-state index in [-0.39, 0.29) is 0 Å². The van der Waals surface area contributed by atoms with E-state index in [9.17, 15) is 0 Å². The Balaban J connectivity index is 1.96. The maximum atomic E-state index is 6.31. The molecule has 3 rings (SSSR count). The van der Waals surface area contributed by atoms with Crippen LogP contribution >= 0.6 is 11.3 Å². The van der Waals surface area contributed by atoms with E-state index in [1.54, 1.807) is 17.6 Å². The summed E-state index contributed by atoms with van der Waals surface area (Å²) < 4.78 is 11.9. The molecule has 2 heterocycles. The van der Waals surface area contributed by atoms with E-state index in [1.165, 1.54) is 0 Å².